The van der Waals surface area contributed by atoms with Gasteiger partial charge in [0.05, 0.1) is 11.1 Å². The molecule has 1 aliphatic carbocycles. The van der Waals surface area contributed by atoms with Crippen LogP contribution in [0.1, 0.15) is 55.9 Å². The fraction of sp³-hybridized carbons (Fsp3) is 0.409. The van der Waals surface area contributed by atoms with Crippen molar-refractivity contribution in [1.29, 1.82) is 0 Å². The quantitative estimate of drug-likeness (QED) is 0.317. The lowest BCUT2D eigenvalue weighted by molar-refractivity contribution is 0.601. The Morgan fingerprint density at radius 3 is 2.86 bits per heavy atom. The highest BCUT2D eigenvalue weighted by Gasteiger charge is 2.28. The first-order valence-corrected chi connectivity index (χ1v) is 12.1. The van der Waals surface area contributed by atoms with Crippen LogP contribution >= 0.6 is 23.1 Å². The first-order valence-electron chi connectivity index (χ1n) is 10.3. The van der Waals surface area contributed by atoms with Crippen LogP contribution in [0.4, 0.5) is 0 Å². The van der Waals surface area contributed by atoms with Crippen molar-refractivity contribution in [3.05, 3.63) is 51.1 Å². The summed E-state index contributed by atoms with van der Waals surface area (Å²) in [5.74, 6) is 2.03. The maximum Gasteiger partial charge on any atom is 0.268 e. The van der Waals surface area contributed by atoms with Crippen molar-refractivity contribution in [3.8, 4) is 5.69 Å². The molecule has 1 unspecified atom stereocenters. The molecule has 7 heteroatoms. The molecule has 0 bridgehead atoms. The monoisotopic (exact) mass is 424 g/mol. The molecule has 0 saturated heterocycles. The number of hydrogen-bond donors (Lipinski definition) is 0. The predicted molar refractivity (Wildman–Crippen MR) is 121 cm³/mol. The number of nitrogens with zero attached hydrogens (tertiary/aromatic N) is 4. The number of hydrogen-bond acceptors (Lipinski definition) is 5. The minimum atomic E-state index is 0.0301. The molecule has 0 spiro atoms. The maximum absolute atomic E-state index is 13.8. The Kier molecular flexibility index (Phi) is 4.95. The average molecular weight is 425 g/mol. The van der Waals surface area contributed by atoms with Gasteiger partial charge in [-0.15, -0.1) is 21.5 Å². The molecule has 0 N–H and O–H groups in total. The van der Waals surface area contributed by atoms with Gasteiger partial charge in [0.15, 0.2) is 5.16 Å². The minimum absolute atomic E-state index is 0.0301. The van der Waals surface area contributed by atoms with Gasteiger partial charge in [0, 0.05) is 10.6 Å². The van der Waals surface area contributed by atoms with E-state index in [2.05, 4.69) is 28.4 Å². The summed E-state index contributed by atoms with van der Waals surface area (Å²) in [5, 5.41) is 10.7. The second kappa shape index (κ2) is 7.61. The van der Waals surface area contributed by atoms with Gasteiger partial charge in [-0.2, -0.15) is 0 Å². The van der Waals surface area contributed by atoms with Crippen LogP contribution in [0.5, 0.6) is 0 Å². The molecule has 29 heavy (non-hydrogen) atoms. The summed E-state index contributed by atoms with van der Waals surface area (Å²) in [6.45, 7) is 4.45. The number of para-hydroxylation sites is 1. The number of aromatic nitrogens is 4. The second-order valence-corrected chi connectivity index (χ2v) is 9.85. The van der Waals surface area contributed by atoms with Crippen LogP contribution in [0, 0.1) is 0 Å². The SMILES string of the molecule is CCCCSc1nnc2n(-c3ccccc3)c(=O)c3c4c(sc3n12)CCCC4C. The molecular formula is C22H24N4OS2. The normalized spacial score (nSPS) is 16.6. The summed E-state index contributed by atoms with van der Waals surface area (Å²) in [5.41, 5.74) is 2.12. The summed E-state index contributed by atoms with van der Waals surface area (Å²) in [6, 6.07) is 9.82. The third-order valence-electron chi connectivity index (χ3n) is 5.72. The molecule has 0 amide bonds. The van der Waals surface area contributed by atoms with Gasteiger partial charge in [-0.05, 0) is 49.3 Å². The van der Waals surface area contributed by atoms with E-state index in [0.29, 0.717) is 11.7 Å². The van der Waals surface area contributed by atoms with Crippen molar-refractivity contribution >= 4 is 39.1 Å². The first kappa shape index (κ1) is 18.9. The van der Waals surface area contributed by atoms with Crippen LogP contribution in [0.25, 0.3) is 21.7 Å². The number of aryl methyl sites for hydroxylation is 1. The van der Waals surface area contributed by atoms with E-state index in [1.165, 1.54) is 16.9 Å². The van der Waals surface area contributed by atoms with Gasteiger partial charge in [-0.1, -0.05) is 50.2 Å². The molecule has 150 valence electrons. The number of unbranched alkanes of at least 4 members (excludes halogenated alkanes) is 1. The fourth-order valence-corrected chi connectivity index (χ4v) is 6.79. The van der Waals surface area contributed by atoms with Crippen molar-refractivity contribution in [1.82, 2.24) is 19.2 Å². The maximum atomic E-state index is 13.8. The van der Waals surface area contributed by atoms with Crippen LogP contribution in [0.3, 0.4) is 0 Å². The Morgan fingerprint density at radius 1 is 1.24 bits per heavy atom. The van der Waals surface area contributed by atoms with Gasteiger partial charge in [0.1, 0.15) is 4.83 Å². The van der Waals surface area contributed by atoms with Gasteiger partial charge in [0.25, 0.3) is 5.56 Å². The molecule has 1 atom stereocenters. The summed E-state index contributed by atoms with van der Waals surface area (Å²) in [4.78, 5) is 16.1. The van der Waals surface area contributed by atoms with Crippen molar-refractivity contribution in [2.75, 3.05) is 5.75 Å². The Labute approximate surface area is 177 Å². The van der Waals surface area contributed by atoms with Gasteiger partial charge < -0.3 is 0 Å². The van der Waals surface area contributed by atoms with Crippen molar-refractivity contribution in [2.45, 2.75) is 57.0 Å². The number of fused-ring (bicyclic) bond motifs is 5. The van der Waals surface area contributed by atoms with E-state index in [9.17, 15) is 4.79 Å². The molecule has 3 aromatic heterocycles. The Bertz CT molecular complexity index is 1240. The number of thiophene rings is 1. The summed E-state index contributed by atoms with van der Waals surface area (Å²) < 4.78 is 3.87. The number of thioether (sulfide) groups is 1. The molecule has 1 aliphatic rings. The van der Waals surface area contributed by atoms with Gasteiger partial charge in [-0.3, -0.25) is 4.79 Å². The standard InChI is InChI=1S/C22H24N4OS2/c1-3-4-13-28-22-24-23-21-25(15-10-6-5-7-11-15)19(27)18-17-14(2)9-8-12-16(17)29-20(18)26(21)22/h5-7,10-11,14H,3-4,8-9,12-13H2,1-2H3. The molecule has 4 aromatic rings. The molecule has 0 aliphatic heterocycles. The zero-order chi connectivity index (χ0) is 20.0. The van der Waals surface area contributed by atoms with Crippen molar-refractivity contribution in [3.63, 3.8) is 0 Å². The summed E-state index contributed by atoms with van der Waals surface area (Å²) in [7, 11) is 0. The average Bonchev–Trinajstić information content (AvgIpc) is 3.32. The van der Waals surface area contributed by atoms with Gasteiger partial charge >= 0.3 is 0 Å². The fourth-order valence-electron chi connectivity index (χ4n) is 4.26. The summed E-state index contributed by atoms with van der Waals surface area (Å²) in [6.07, 6.45) is 5.68. The van der Waals surface area contributed by atoms with E-state index < -0.39 is 0 Å². The molecule has 3 heterocycles. The second-order valence-electron chi connectivity index (χ2n) is 7.71. The first-order chi connectivity index (χ1) is 14.2. The van der Waals surface area contributed by atoms with Gasteiger partial charge in [0.2, 0.25) is 5.78 Å². The minimum Gasteiger partial charge on any atom is -0.268 e. The largest absolute Gasteiger partial charge is 0.268 e. The molecule has 0 fully saturated rings. The van der Waals surface area contributed by atoms with E-state index in [1.807, 2.05) is 30.3 Å². The Hall–Kier alpha value is -2.12. The number of benzene rings is 1. The van der Waals surface area contributed by atoms with Crippen molar-refractivity contribution in [2.24, 2.45) is 0 Å². The molecule has 1 aromatic carbocycles. The van der Waals surface area contributed by atoms with Crippen LogP contribution in [0.15, 0.2) is 40.3 Å². The number of rotatable bonds is 5. The van der Waals surface area contributed by atoms with E-state index in [4.69, 9.17) is 0 Å². The smallest absolute Gasteiger partial charge is 0.268 e. The van der Waals surface area contributed by atoms with E-state index in [0.717, 1.165) is 52.5 Å². The Balaban J connectivity index is 1.87. The summed E-state index contributed by atoms with van der Waals surface area (Å²) >= 11 is 3.50. The van der Waals surface area contributed by atoms with Gasteiger partial charge in [-0.25, -0.2) is 8.97 Å². The highest BCUT2D eigenvalue weighted by Crippen LogP contribution is 2.41. The van der Waals surface area contributed by atoms with Crippen LogP contribution < -0.4 is 5.56 Å². The molecule has 5 rings (SSSR count). The lowest BCUT2D eigenvalue weighted by Crippen LogP contribution is -2.22. The topological polar surface area (TPSA) is 52.2 Å². The van der Waals surface area contributed by atoms with E-state index >= 15 is 0 Å². The highest BCUT2D eigenvalue weighted by molar-refractivity contribution is 7.99. The van der Waals surface area contributed by atoms with Crippen LogP contribution in [-0.2, 0) is 6.42 Å². The third kappa shape index (κ3) is 3.02. The zero-order valence-corrected chi connectivity index (χ0v) is 18.4. The van der Waals surface area contributed by atoms with Crippen LogP contribution in [-0.4, -0.2) is 24.9 Å². The lowest BCUT2D eigenvalue weighted by atomic mass is 9.88. The molecule has 0 saturated carbocycles. The molecular weight excluding hydrogens is 400 g/mol. The van der Waals surface area contributed by atoms with E-state index in [-0.39, 0.29) is 5.56 Å². The zero-order valence-electron chi connectivity index (χ0n) is 16.7. The lowest BCUT2D eigenvalue weighted by Gasteiger charge is -2.18. The molecule has 0 radical (unpaired) electrons. The van der Waals surface area contributed by atoms with Crippen LogP contribution in [0.2, 0.25) is 0 Å². The predicted octanol–water partition coefficient (Wildman–Crippen LogP) is 5.43. The highest BCUT2D eigenvalue weighted by atomic mass is 32.2. The Morgan fingerprint density at radius 2 is 2.07 bits per heavy atom. The van der Waals surface area contributed by atoms with E-state index in [1.54, 1.807) is 27.7 Å². The third-order valence-corrected chi connectivity index (χ3v) is 7.98. The van der Waals surface area contributed by atoms with Crippen molar-refractivity contribution < 1.29 is 0 Å². The molecule has 5 nitrogen and oxygen atoms in total.